The van der Waals surface area contributed by atoms with Crippen molar-refractivity contribution in [2.75, 3.05) is 5.32 Å². The van der Waals surface area contributed by atoms with Crippen LogP contribution in [-0.4, -0.2) is 5.91 Å². The van der Waals surface area contributed by atoms with E-state index in [0.29, 0.717) is 27.2 Å². The smallest absolute Gasteiger partial charge is 0.230 e. The number of hydrogen-bond acceptors (Lipinski definition) is 1. The Hall–Kier alpha value is -1.22. The SMILES string of the molecule is CC(C)(Cc1ccccc1)C(=O)Nc1cc(Cl)c(Cl)cc1Cl. The molecule has 0 bridgehead atoms. The second kappa shape index (κ2) is 6.91. The highest BCUT2D eigenvalue weighted by molar-refractivity contribution is 6.44. The Morgan fingerprint density at radius 2 is 1.59 bits per heavy atom. The second-order valence-electron chi connectivity index (χ2n) is 5.75. The normalized spacial score (nSPS) is 11.3. The van der Waals surface area contributed by atoms with Gasteiger partial charge in [0.1, 0.15) is 0 Å². The van der Waals surface area contributed by atoms with Gasteiger partial charge in [-0.25, -0.2) is 0 Å². The quantitative estimate of drug-likeness (QED) is 0.684. The first kappa shape index (κ1) is 17.1. The highest BCUT2D eigenvalue weighted by Gasteiger charge is 2.28. The summed E-state index contributed by atoms with van der Waals surface area (Å²) in [7, 11) is 0. The number of rotatable bonds is 4. The molecule has 5 heteroatoms. The summed E-state index contributed by atoms with van der Waals surface area (Å²) in [5.74, 6) is -0.128. The second-order valence-corrected chi connectivity index (χ2v) is 6.97. The van der Waals surface area contributed by atoms with Crippen LogP contribution >= 0.6 is 34.8 Å². The van der Waals surface area contributed by atoms with Crippen molar-refractivity contribution in [3.05, 3.63) is 63.1 Å². The molecule has 2 nitrogen and oxygen atoms in total. The van der Waals surface area contributed by atoms with Crippen LogP contribution in [0.25, 0.3) is 0 Å². The topological polar surface area (TPSA) is 29.1 Å². The van der Waals surface area contributed by atoms with E-state index in [4.69, 9.17) is 34.8 Å². The molecule has 116 valence electrons. The summed E-state index contributed by atoms with van der Waals surface area (Å²) in [6, 6.07) is 12.9. The van der Waals surface area contributed by atoms with Crippen LogP contribution in [0, 0.1) is 5.41 Å². The highest BCUT2D eigenvalue weighted by Crippen LogP contribution is 2.33. The Bertz CT molecular complexity index is 684. The largest absolute Gasteiger partial charge is 0.324 e. The molecular formula is C17H16Cl3NO. The molecule has 1 N–H and O–H groups in total. The van der Waals surface area contributed by atoms with E-state index in [1.807, 2.05) is 44.2 Å². The van der Waals surface area contributed by atoms with Gasteiger partial charge in [0, 0.05) is 5.41 Å². The third-order valence-electron chi connectivity index (χ3n) is 3.36. The van der Waals surface area contributed by atoms with Crippen LogP contribution in [0.1, 0.15) is 19.4 Å². The molecule has 0 saturated carbocycles. The lowest BCUT2D eigenvalue weighted by Gasteiger charge is -2.24. The average molecular weight is 357 g/mol. The Morgan fingerprint density at radius 1 is 1.00 bits per heavy atom. The zero-order valence-electron chi connectivity index (χ0n) is 12.3. The number of anilines is 1. The lowest BCUT2D eigenvalue weighted by molar-refractivity contribution is -0.123. The summed E-state index contributed by atoms with van der Waals surface area (Å²) >= 11 is 18.0. The van der Waals surface area contributed by atoms with Crippen LogP contribution in [0.15, 0.2) is 42.5 Å². The van der Waals surface area contributed by atoms with E-state index in [9.17, 15) is 4.79 Å². The molecule has 2 aromatic rings. The molecule has 0 atom stereocenters. The molecule has 0 aliphatic heterocycles. The molecule has 0 aromatic heterocycles. The molecule has 0 aliphatic rings. The van der Waals surface area contributed by atoms with Gasteiger partial charge in [0.05, 0.1) is 20.8 Å². The van der Waals surface area contributed by atoms with Gasteiger partial charge in [0.2, 0.25) is 5.91 Å². The summed E-state index contributed by atoms with van der Waals surface area (Å²) in [4.78, 5) is 12.5. The van der Waals surface area contributed by atoms with Crippen LogP contribution in [0.5, 0.6) is 0 Å². The van der Waals surface area contributed by atoms with Crippen LogP contribution < -0.4 is 5.32 Å². The first-order valence-electron chi connectivity index (χ1n) is 6.79. The molecule has 2 aromatic carbocycles. The molecule has 0 fully saturated rings. The number of nitrogens with one attached hydrogen (secondary N) is 1. The molecule has 0 saturated heterocycles. The van der Waals surface area contributed by atoms with E-state index < -0.39 is 5.41 Å². The van der Waals surface area contributed by atoms with Gasteiger partial charge in [-0.2, -0.15) is 0 Å². The zero-order chi connectivity index (χ0) is 16.3. The predicted molar refractivity (Wildman–Crippen MR) is 94.0 cm³/mol. The van der Waals surface area contributed by atoms with Gasteiger partial charge in [0.25, 0.3) is 0 Å². The van der Waals surface area contributed by atoms with E-state index in [0.717, 1.165) is 5.56 Å². The maximum atomic E-state index is 12.5. The van der Waals surface area contributed by atoms with E-state index >= 15 is 0 Å². The van der Waals surface area contributed by atoms with E-state index in [2.05, 4.69) is 5.32 Å². The molecule has 1 amide bonds. The standard InChI is InChI=1S/C17H16Cl3NO/c1-17(2,10-11-6-4-3-5-7-11)16(22)21-15-9-13(19)12(18)8-14(15)20/h3-9H,10H2,1-2H3,(H,21,22). The highest BCUT2D eigenvalue weighted by atomic mass is 35.5. The molecule has 2 rings (SSSR count). The number of amides is 1. The van der Waals surface area contributed by atoms with Crippen LogP contribution in [0.2, 0.25) is 15.1 Å². The first-order valence-corrected chi connectivity index (χ1v) is 7.93. The molecular weight excluding hydrogens is 341 g/mol. The summed E-state index contributed by atoms with van der Waals surface area (Å²) < 4.78 is 0. The third kappa shape index (κ3) is 4.16. The van der Waals surface area contributed by atoms with Gasteiger partial charge in [-0.05, 0) is 24.1 Å². The number of benzene rings is 2. The minimum atomic E-state index is -0.587. The molecule has 0 unspecified atom stereocenters. The van der Waals surface area contributed by atoms with Crippen molar-refractivity contribution in [3.63, 3.8) is 0 Å². The zero-order valence-corrected chi connectivity index (χ0v) is 14.6. The predicted octanol–water partition coefficient (Wildman–Crippen LogP) is 5.85. The Labute approximate surface area is 145 Å². The molecule has 22 heavy (non-hydrogen) atoms. The fourth-order valence-corrected chi connectivity index (χ4v) is 2.69. The fourth-order valence-electron chi connectivity index (χ4n) is 2.10. The monoisotopic (exact) mass is 355 g/mol. The molecule has 0 radical (unpaired) electrons. The third-order valence-corrected chi connectivity index (χ3v) is 4.40. The molecule has 0 spiro atoms. The number of hydrogen-bond donors (Lipinski definition) is 1. The van der Waals surface area contributed by atoms with Crippen molar-refractivity contribution in [3.8, 4) is 0 Å². The maximum Gasteiger partial charge on any atom is 0.230 e. The van der Waals surface area contributed by atoms with E-state index in [1.54, 1.807) is 6.07 Å². The van der Waals surface area contributed by atoms with E-state index in [-0.39, 0.29) is 5.91 Å². The minimum Gasteiger partial charge on any atom is -0.324 e. The van der Waals surface area contributed by atoms with Gasteiger partial charge in [-0.15, -0.1) is 0 Å². The maximum absolute atomic E-state index is 12.5. The fraction of sp³-hybridized carbons (Fsp3) is 0.235. The number of carbonyl (C=O) groups excluding carboxylic acids is 1. The molecule has 0 aliphatic carbocycles. The number of halogens is 3. The van der Waals surface area contributed by atoms with Crippen LogP contribution in [0.4, 0.5) is 5.69 Å². The van der Waals surface area contributed by atoms with Crippen molar-refractivity contribution in [2.45, 2.75) is 20.3 Å². The average Bonchev–Trinajstić information content (AvgIpc) is 2.45. The summed E-state index contributed by atoms with van der Waals surface area (Å²) in [6.07, 6.45) is 0.624. The number of carbonyl (C=O) groups is 1. The summed E-state index contributed by atoms with van der Waals surface area (Å²) in [5, 5.41) is 3.89. The van der Waals surface area contributed by atoms with Crippen molar-refractivity contribution in [2.24, 2.45) is 5.41 Å². The minimum absolute atomic E-state index is 0.128. The van der Waals surface area contributed by atoms with Gasteiger partial charge < -0.3 is 5.32 Å². The first-order chi connectivity index (χ1) is 10.3. The van der Waals surface area contributed by atoms with Gasteiger partial charge in [-0.1, -0.05) is 79.0 Å². The van der Waals surface area contributed by atoms with Gasteiger partial charge in [-0.3, -0.25) is 4.79 Å². The van der Waals surface area contributed by atoms with Crippen LogP contribution in [0.3, 0.4) is 0 Å². The van der Waals surface area contributed by atoms with Gasteiger partial charge in [0.15, 0.2) is 0 Å². The lowest BCUT2D eigenvalue weighted by atomic mass is 9.84. The molecule has 0 heterocycles. The summed E-state index contributed by atoms with van der Waals surface area (Å²) in [5.41, 5.74) is 0.974. The van der Waals surface area contributed by atoms with Crippen molar-refractivity contribution < 1.29 is 4.79 Å². The van der Waals surface area contributed by atoms with Gasteiger partial charge >= 0.3 is 0 Å². The Morgan fingerprint density at radius 3 is 2.23 bits per heavy atom. The van der Waals surface area contributed by atoms with E-state index in [1.165, 1.54) is 6.07 Å². The Kier molecular flexibility index (Phi) is 5.38. The van der Waals surface area contributed by atoms with Crippen molar-refractivity contribution in [1.29, 1.82) is 0 Å². The lowest BCUT2D eigenvalue weighted by Crippen LogP contribution is -2.32. The van der Waals surface area contributed by atoms with Crippen molar-refractivity contribution >= 4 is 46.4 Å². The van der Waals surface area contributed by atoms with Crippen LogP contribution in [-0.2, 0) is 11.2 Å². The van der Waals surface area contributed by atoms with Crippen molar-refractivity contribution in [1.82, 2.24) is 0 Å². The Balaban J connectivity index is 2.16. The summed E-state index contributed by atoms with van der Waals surface area (Å²) in [6.45, 7) is 3.78.